The molecule has 0 saturated heterocycles. The van der Waals surface area contributed by atoms with E-state index in [0.29, 0.717) is 5.56 Å². The van der Waals surface area contributed by atoms with Crippen molar-refractivity contribution in [3.8, 4) is 0 Å². The Balaban J connectivity index is 3.00. The van der Waals surface area contributed by atoms with E-state index in [1.54, 1.807) is 44.2 Å². The average Bonchev–Trinajstić information content (AvgIpc) is 2.74. The second kappa shape index (κ2) is 13.2. The van der Waals surface area contributed by atoms with Crippen molar-refractivity contribution in [3.63, 3.8) is 0 Å². The highest BCUT2D eigenvalue weighted by atomic mass is 16.4. The van der Waals surface area contributed by atoms with E-state index in [4.69, 9.17) is 10.8 Å². The number of hydrogen-bond donors (Lipinski definition) is 6. The molecule has 0 heterocycles. The first-order valence-electron chi connectivity index (χ1n) is 10.6. The third kappa shape index (κ3) is 9.69. The van der Waals surface area contributed by atoms with Gasteiger partial charge in [-0.05, 0) is 24.8 Å². The minimum atomic E-state index is -1.32. The zero-order valence-electron chi connectivity index (χ0n) is 18.9. The summed E-state index contributed by atoms with van der Waals surface area (Å²) in [6, 6.07) is 4.15. The molecule has 11 nitrogen and oxygen atoms in total. The molecular weight excluding hydrogens is 432 g/mol. The molecule has 0 aliphatic carbocycles. The van der Waals surface area contributed by atoms with E-state index in [-0.39, 0.29) is 18.8 Å². The van der Waals surface area contributed by atoms with Crippen LogP contribution >= 0.6 is 0 Å². The Labute approximate surface area is 192 Å². The Kier molecular flexibility index (Phi) is 11.0. The fourth-order valence-corrected chi connectivity index (χ4v) is 2.94. The fourth-order valence-electron chi connectivity index (χ4n) is 2.94. The van der Waals surface area contributed by atoms with Crippen LogP contribution in [0.2, 0.25) is 0 Å². The first kappa shape index (κ1) is 27.6. The van der Waals surface area contributed by atoms with E-state index < -0.39 is 60.2 Å². The van der Waals surface area contributed by atoms with Crippen LogP contribution in [-0.4, -0.2) is 64.0 Å². The molecule has 1 aromatic rings. The van der Waals surface area contributed by atoms with Gasteiger partial charge in [0.2, 0.25) is 17.7 Å². The highest BCUT2D eigenvalue weighted by Gasteiger charge is 2.31. The molecule has 11 heteroatoms. The van der Waals surface area contributed by atoms with Gasteiger partial charge in [0, 0.05) is 12.8 Å². The van der Waals surface area contributed by atoms with Gasteiger partial charge in [0.1, 0.15) is 18.1 Å². The number of carbonyl (C=O) groups excluding carboxylic acids is 3. The van der Waals surface area contributed by atoms with Crippen molar-refractivity contribution >= 4 is 29.7 Å². The number of carbonyl (C=O) groups is 5. The normalized spacial score (nSPS) is 14.5. The van der Waals surface area contributed by atoms with Crippen molar-refractivity contribution in [3.05, 3.63) is 35.9 Å². The maximum Gasteiger partial charge on any atom is 0.326 e. The smallest absolute Gasteiger partial charge is 0.326 e. The molecule has 0 aliphatic heterocycles. The molecule has 0 spiro atoms. The molecule has 0 bridgehead atoms. The van der Waals surface area contributed by atoms with Gasteiger partial charge in [0.05, 0.1) is 6.04 Å². The number of amides is 3. The molecule has 4 unspecified atom stereocenters. The van der Waals surface area contributed by atoms with Crippen molar-refractivity contribution in [1.29, 1.82) is 0 Å². The summed E-state index contributed by atoms with van der Waals surface area (Å²) in [5.74, 6) is -4.94. The predicted octanol–water partition coefficient (Wildman–Crippen LogP) is -0.364. The topological polar surface area (TPSA) is 188 Å². The first-order valence-corrected chi connectivity index (χ1v) is 10.6. The second-order valence-corrected chi connectivity index (χ2v) is 8.10. The van der Waals surface area contributed by atoms with Crippen molar-refractivity contribution < 1.29 is 34.2 Å². The van der Waals surface area contributed by atoms with E-state index in [1.165, 1.54) is 6.92 Å². The molecule has 0 radical (unpaired) electrons. The van der Waals surface area contributed by atoms with Crippen LogP contribution in [-0.2, 0) is 30.4 Å². The van der Waals surface area contributed by atoms with Gasteiger partial charge in [0.25, 0.3) is 0 Å². The van der Waals surface area contributed by atoms with Crippen molar-refractivity contribution in [2.24, 2.45) is 11.7 Å². The third-order valence-electron chi connectivity index (χ3n) is 4.84. The van der Waals surface area contributed by atoms with Crippen LogP contribution in [0.1, 0.15) is 39.2 Å². The highest BCUT2D eigenvalue weighted by Crippen LogP contribution is 2.08. The Hall–Kier alpha value is -3.47. The number of rotatable bonds is 13. The molecule has 182 valence electrons. The summed E-state index contributed by atoms with van der Waals surface area (Å²) in [6.45, 7) is 4.81. The zero-order valence-corrected chi connectivity index (χ0v) is 18.9. The molecule has 1 rings (SSSR count). The number of aliphatic carboxylic acids is 2. The summed E-state index contributed by atoms with van der Waals surface area (Å²) < 4.78 is 0. The van der Waals surface area contributed by atoms with Gasteiger partial charge in [0.15, 0.2) is 0 Å². The van der Waals surface area contributed by atoms with E-state index in [2.05, 4.69) is 16.0 Å². The summed E-state index contributed by atoms with van der Waals surface area (Å²) in [7, 11) is 0. The molecular formula is C22H32N4O7. The average molecular weight is 465 g/mol. The van der Waals surface area contributed by atoms with Gasteiger partial charge in [-0.3, -0.25) is 19.2 Å². The summed E-state index contributed by atoms with van der Waals surface area (Å²) in [6.07, 6.45) is -0.704. The lowest BCUT2D eigenvalue weighted by Gasteiger charge is -2.26. The predicted molar refractivity (Wildman–Crippen MR) is 119 cm³/mol. The number of carboxylic acid groups (broad SMARTS) is 2. The lowest BCUT2D eigenvalue weighted by atomic mass is 10.0. The lowest BCUT2D eigenvalue weighted by Crippen LogP contribution is -2.58. The van der Waals surface area contributed by atoms with Gasteiger partial charge in [-0.25, -0.2) is 4.79 Å². The quantitative estimate of drug-likeness (QED) is 0.228. The number of benzene rings is 1. The van der Waals surface area contributed by atoms with Crippen LogP contribution in [0.4, 0.5) is 0 Å². The zero-order chi connectivity index (χ0) is 25.1. The van der Waals surface area contributed by atoms with E-state index >= 15 is 0 Å². The van der Waals surface area contributed by atoms with Crippen LogP contribution in [0.25, 0.3) is 0 Å². The molecule has 4 atom stereocenters. The first-order chi connectivity index (χ1) is 15.4. The Morgan fingerprint density at radius 2 is 1.42 bits per heavy atom. The monoisotopic (exact) mass is 464 g/mol. The van der Waals surface area contributed by atoms with Crippen molar-refractivity contribution in [1.82, 2.24) is 16.0 Å². The standard InChI is InChI=1S/C22H32N4O7/c1-12(2)18(26-19(29)13(3)23)21(31)24-15(9-10-17(27)28)20(30)25-16(22(32)33)11-14-7-5-4-6-8-14/h4-8,12-13,15-16,18H,9-11,23H2,1-3H3,(H,24,31)(H,25,30)(H,26,29)(H,27,28)(H,32,33). The summed E-state index contributed by atoms with van der Waals surface area (Å²) in [5, 5.41) is 25.8. The van der Waals surface area contributed by atoms with Gasteiger partial charge in [-0.2, -0.15) is 0 Å². The van der Waals surface area contributed by atoms with Crippen LogP contribution < -0.4 is 21.7 Å². The van der Waals surface area contributed by atoms with Gasteiger partial charge >= 0.3 is 11.9 Å². The largest absolute Gasteiger partial charge is 0.481 e. The SMILES string of the molecule is CC(N)C(=O)NC(C(=O)NC(CCC(=O)O)C(=O)NC(Cc1ccccc1)C(=O)O)C(C)C. The van der Waals surface area contributed by atoms with E-state index in [0.717, 1.165) is 0 Å². The molecule has 33 heavy (non-hydrogen) atoms. The van der Waals surface area contributed by atoms with Gasteiger partial charge in [-0.1, -0.05) is 44.2 Å². The third-order valence-corrected chi connectivity index (χ3v) is 4.84. The van der Waals surface area contributed by atoms with Crippen LogP contribution in [0.15, 0.2) is 30.3 Å². The van der Waals surface area contributed by atoms with Gasteiger partial charge in [-0.15, -0.1) is 0 Å². The van der Waals surface area contributed by atoms with Crippen LogP contribution in [0.5, 0.6) is 0 Å². The Bertz CT molecular complexity index is 842. The second-order valence-electron chi connectivity index (χ2n) is 8.10. The maximum absolute atomic E-state index is 12.8. The van der Waals surface area contributed by atoms with Crippen molar-refractivity contribution in [2.75, 3.05) is 0 Å². The summed E-state index contributed by atoms with van der Waals surface area (Å²) in [5.41, 5.74) is 6.21. The van der Waals surface area contributed by atoms with Crippen LogP contribution in [0, 0.1) is 5.92 Å². The number of nitrogens with one attached hydrogen (secondary N) is 3. The minimum absolute atomic E-state index is 0.000571. The number of nitrogens with two attached hydrogens (primary N) is 1. The van der Waals surface area contributed by atoms with E-state index in [9.17, 15) is 29.1 Å². The summed E-state index contributed by atoms with van der Waals surface area (Å²) >= 11 is 0. The Morgan fingerprint density at radius 3 is 1.91 bits per heavy atom. The fraction of sp³-hybridized carbons (Fsp3) is 0.500. The molecule has 1 aromatic carbocycles. The maximum atomic E-state index is 12.8. The molecule has 0 fully saturated rings. The number of carboxylic acids is 2. The van der Waals surface area contributed by atoms with Crippen LogP contribution in [0.3, 0.4) is 0 Å². The summed E-state index contributed by atoms with van der Waals surface area (Å²) in [4.78, 5) is 60.3. The van der Waals surface area contributed by atoms with E-state index in [1.807, 2.05) is 0 Å². The van der Waals surface area contributed by atoms with Gasteiger partial charge < -0.3 is 31.9 Å². The van der Waals surface area contributed by atoms with Crippen molar-refractivity contribution in [2.45, 2.75) is 64.2 Å². The number of hydrogen-bond acceptors (Lipinski definition) is 6. The molecule has 7 N–H and O–H groups in total. The molecule has 0 saturated carbocycles. The minimum Gasteiger partial charge on any atom is -0.481 e. The Morgan fingerprint density at radius 1 is 0.848 bits per heavy atom. The molecule has 0 aromatic heterocycles. The molecule has 3 amide bonds. The molecule has 0 aliphatic rings. The highest BCUT2D eigenvalue weighted by molar-refractivity contribution is 5.94. The lowest BCUT2D eigenvalue weighted by molar-refractivity contribution is -0.143.